The molecule has 8 heteroatoms. The molecule has 1 heterocycles. The van der Waals surface area contributed by atoms with E-state index in [1.165, 1.54) is 11.9 Å². The Morgan fingerprint density at radius 1 is 1.29 bits per heavy atom. The number of aliphatic imine (C=N–C) groups is 1. The molecule has 0 aliphatic carbocycles. The van der Waals surface area contributed by atoms with E-state index in [0.29, 0.717) is 21.1 Å². The van der Waals surface area contributed by atoms with Gasteiger partial charge in [-0.2, -0.15) is 0 Å². The second kappa shape index (κ2) is 5.96. The lowest BCUT2D eigenvalue weighted by atomic mass is 10.3. The van der Waals surface area contributed by atoms with Crippen LogP contribution < -0.4 is 10.0 Å². The van der Waals surface area contributed by atoms with Gasteiger partial charge in [0.25, 0.3) is 0 Å². The maximum Gasteiger partial charge on any atom is 0.211 e. The SMILES string of the molecule is Oc1c(Cl)c(Br)cc2c1N=C(Nc1ccccc1Cl)NS2. The molecule has 0 atom stereocenters. The molecule has 0 amide bonds. The number of phenolic OH excluding ortho intramolecular Hbond substituents is 1. The number of phenols is 1. The quantitative estimate of drug-likeness (QED) is 0.573. The number of hydrogen-bond acceptors (Lipinski definition) is 5. The van der Waals surface area contributed by atoms with E-state index >= 15 is 0 Å². The Hall–Kier alpha value is -1.08. The van der Waals surface area contributed by atoms with Gasteiger partial charge >= 0.3 is 0 Å². The number of guanidine groups is 1. The lowest BCUT2D eigenvalue weighted by Gasteiger charge is -2.19. The highest BCUT2D eigenvalue weighted by Crippen LogP contribution is 2.46. The van der Waals surface area contributed by atoms with Crippen molar-refractivity contribution in [3.05, 3.63) is 44.8 Å². The third kappa shape index (κ3) is 2.94. The third-order valence-corrected chi connectivity index (χ3v) is 5.13. The number of para-hydroxylation sites is 1. The highest BCUT2D eigenvalue weighted by Gasteiger charge is 2.20. The van der Waals surface area contributed by atoms with E-state index in [9.17, 15) is 5.11 Å². The average Bonchev–Trinajstić information content (AvgIpc) is 2.48. The molecule has 1 aliphatic rings. The molecule has 0 aromatic heterocycles. The summed E-state index contributed by atoms with van der Waals surface area (Å²) in [5.74, 6) is 0.405. The predicted octanol–water partition coefficient (Wildman–Crippen LogP) is 5.17. The molecule has 21 heavy (non-hydrogen) atoms. The smallest absolute Gasteiger partial charge is 0.211 e. The van der Waals surface area contributed by atoms with E-state index in [-0.39, 0.29) is 10.8 Å². The van der Waals surface area contributed by atoms with Crippen LogP contribution in [-0.4, -0.2) is 11.1 Å². The minimum absolute atomic E-state index is 0.0616. The first-order chi connectivity index (χ1) is 10.1. The Bertz CT molecular complexity index is 754. The summed E-state index contributed by atoms with van der Waals surface area (Å²) in [6.45, 7) is 0. The highest BCUT2D eigenvalue weighted by molar-refractivity contribution is 9.10. The van der Waals surface area contributed by atoms with E-state index < -0.39 is 0 Å². The molecule has 0 radical (unpaired) electrons. The number of fused-ring (bicyclic) bond motifs is 1. The van der Waals surface area contributed by atoms with Gasteiger partial charge in [-0.3, -0.25) is 4.72 Å². The monoisotopic (exact) mass is 403 g/mol. The number of nitrogens with one attached hydrogen (secondary N) is 2. The summed E-state index contributed by atoms with van der Waals surface area (Å²) in [7, 11) is 0. The molecular weight excluding hydrogens is 397 g/mol. The Labute approximate surface area is 143 Å². The van der Waals surface area contributed by atoms with Gasteiger partial charge in [-0.15, -0.1) is 0 Å². The van der Waals surface area contributed by atoms with E-state index in [4.69, 9.17) is 23.2 Å². The molecule has 2 aromatic carbocycles. The van der Waals surface area contributed by atoms with Gasteiger partial charge in [0.2, 0.25) is 5.96 Å². The zero-order valence-corrected chi connectivity index (χ0v) is 14.2. The van der Waals surface area contributed by atoms with E-state index in [2.05, 4.69) is 31.0 Å². The van der Waals surface area contributed by atoms with Crippen LogP contribution in [0.25, 0.3) is 0 Å². The number of nitrogens with zero attached hydrogens (tertiary/aromatic N) is 1. The second-order valence-corrected chi connectivity index (χ2v) is 6.62. The summed E-state index contributed by atoms with van der Waals surface area (Å²) in [5, 5.41) is 14.0. The van der Waals surface area contributed by atoms with Crippen LogP contribution in [0.2, 0.25) is 10.0 Å². The van der Waals surface area contributed by atoms with Crippen LogP contribution in [0.5, 0.6) is 5.75 Å². The molecule has 108 valence electrons. The van der Waals surface area contributed by atoms with E-state index in [0.717, 1.165) is 10.6 Å². The molecule has 0 bridgehead atoms. The van der Waals surface area contributed by atoms with Gasteiger partial charge in [0, 0.05) is 4.47 Å². The van der Waals surface area contributed by atoms with Crippen LogP contribution in [0, 0.1) is 0 Å². The van der Waals surface area contributed by atoms with Crippen LogP contribution in [0.4, 0.5) is 11.4 Å². The van der Waals surface area contributed by atoms with Gasteiger partial charge in [-0.1, -0.05) is 35.3 Å². The number of halogens is 3. The van der Waals surface area contributed by atoms with Gasteiger partial charge in [0.15, 0.2) is 5.75 Å². The Morgan fingerprint density at radius 2 is 2.05 bits per heavy atom. The fourth-order valence-electron chi connectivity index (χ4n) is 1.75. The lowest BCUT2D eigenvalue weighted by Crippen LogP contribution is -2.27. The summed E-state index contributed by atoms with van der Waals surface area (Å²) >= 11 is 16.7. The summed E-state index contributed by atoms with van der Waals surface area (Å²) < 4.78 is 3.66. The van der Waals surface area contributed by atoms with Crippen LogP contribution >= 0.6 is 51.1 Å². The molecule has 0 spiro atoms. The van der Waals surface area contributed by atoms with Crippen LogP contribution in [-0.2, 0) is 0 Å². The molecule has 0 unspecified atom stereocenters. The zero-order valence-electron chi connectivity index (χ0n) is 10.3. The summed E-state index contributed by atoms with van der Waals surface area (Å²) in [6, 6.07) is 9.12. The molecule has 2 aromatic rings. The van der Waals surface area contributed by atoms with Gasteiger partial charge in [0.05, 0.1) is 20.6 Å². The molecule has 1 aliphatic heterocycles. The first-order valence-electron chi connectivity index (χ1n) is 5.80. The third-order valence-electron chi connectivity index (χ3n) is 2.74. The predicted molar refractivity (Wildman–Crippen MR) is 92.0 cm³/mol. The van der Waals surface area contributed by atoms with Crippen molar-refractivity contribution in [1.29, 1.82) is 0 Å². The van der Waals surface area contributed by atoms with Crippen molar-refractivity contribution in [3.8, 4) is 5.75 Å². The fraction of sp³-hybridized carbons (Fsp3) is 0. The van der Waals surface area contributed by atoms with Crippen molar-refractivity contribution in [2.45, 2.75) is 4.90 Å². The van der Waals surface area contributed by atoms with Crippen molar-refractivity contribution in [1.82, 2.24) is 4.72 Å². The van der Waals surface area contributed by atoms with Crippen molar-refractivity contribution >= 4 is 68.4 Å². The van der Waals surface area contributed by atoms with Gasteiger partial charge in [-0.25, -0.2) is 4.99 Å². The number of benzene rings is 2. The molecule has 4 nitrogen and oxygen atoms in total. The average molecular weight is 405 g/mol. The molecule has 3 N–H and O–H groups in total. The zero-order chi connectivity index (χ0) is 15.0. The number of anilines is 1. The van der Waals surface area contributed by atoms with Crippen molar-refractivity contribution in [2.24, 2.45) is 4.99 Å². The Balaban J connectivity index is 1.97. The van der Waals surface area contributed by atoms with Gasteiger partial charge in [-0.05, 0) is 46.1 Å². The first-order valence-corrected chi connectivity index (χ1v) is 8.17. The molecular formula is C13H8BrCl2N3OS. The summed E-state index contributed by atoms with van der Waals surface area (Å²) in [4.78, 5) is 5.11. The lowest BCUT2D eigenvalue weighted by molar-refractivity contribution is 0.475. The topological polar surface area (TPSA) is 56.7 Å². The number of hydrogen-bond donors (Lipinski definition) is 3. The standard InChI is InChI=1S/C13H8BrCl2N3OS/c14-6-5-9-11(12(20)10(6)16)18-13(19-21-9)17-8-4-2-1-3-7(8)15/h1-5,20H,(H2,17,18,19). The van der Waals surface area contributed by atoms with E-state index in [1.54, 1.807) is 12.1 Å². The minimum atomic E-state index is -0.0616. The normalized spacial score (nSPS) is 13.2. The van der Waals surface area contributed by atoms with Crippen LogP contribution in [0.15, 0.2) is 44.7 Å². The highest BCUT2D eigenvalue weighted by atomic mass is 79.9. The largest absolute Gasteiger partial charge is 0.504 e. The molecule has 0 fully saturated rings. The summed E-state index contributed by atoms with van der Waals surface area (Å²) in [5.41, 5.74) is 1.14. The van der Waals surface area contributed by atoms with Crippen molar-refractivity contribution in [3.63, 3.8) is 0 Å². The van der Waals surface area contributed by atoms with Gasteiger partial charge in [0.1, 0.15) is 5.69 Å². The fourth-order valence-corrected chi connectivity index (χ4v) is 3.36. The Kier molecular flexibility index (Phi) is 4.21. The molecule has 0 saturated heterocycles. The Morgan fingerprint density at radius 3 is 2.81 bits per heavy atom. The van der Waals surface area contributed by atoms with Crippen LogP contribution in [0.3, 0.4) is 0 Å². The number of aromatic hydroxyl groups is 1. The maximum atomic E-state index is 10.1. The molecule has 3 rings (SSSR count). The maximum absolute atomic E-state index is 10.1. The minimum Gasteiger partial charge on any atom is -0.504 e. The van der Waals surface area contributed by atoms with Crippen molar-refractivity contribution in [2.75, 3.05) is 5.32 Å². The van der Waals surface area contributed by atoms with Crippen LogP contribution in [0.1, 0.15) is 0 Å². The second-order valence-electron chi connectivity index (χ2n) is 4.14. The molecule has 0 saturated carbocycles. The van der Waals surface area contributed by atoms with Gasteiger partial charge < -0.3 is 10.4 Å². The number of rotatable bonds is 1. The van der Waals surface area contributed by atoms with E-state index in [1.807, 2.05) is 18.2 Å². The summed E-state index contributed by atoms with van der Waals surface area (Å²) in [6.07, 6.45) is 0. The first kappa shape index (κ1) is 14.8. The van der Waals surface area contributed by atoms with Crippen molar-refractivity contribution < 1.29 is 5.11 Å².